The molecule has 5 rings (SSSR count). The average molecular weight is 419 g/mol. The topological polar surface area (TPSA) is 90.7 Å². The predicted octanol–water partition coefficient (Wildman–Crippen LogP) is 2.78. The summed E-state index contributed by atoms with van der Waals surface area (Å²) in [6.45, 7) is 4.30. The maximum atomic E-state index is 10.5. The van der Waals surface area contributed by atoms with Gasteiger partial charge in [-0.25, -0.2) is 5.10 Å². The molecule has 0 amide bonds. The molecule has 1 unspecified atom stereocenters. The van der Waals surface area contributed by atoms with Crippen LogP contribution in [-0.4, -0.2) is 70.6 Å². The number of fused-ring (bicyclic) bond motifs is 1. The number of nitrogens with zero attached hydrogens (tertiary/aromatic N) is 4. The molecule has 160 valence electrons. The summed E-state index contributed by atoms with van der Waals surface area (Å²) in [6.07, 6.45) is 4.40. The number of anilines is 1. The second-order valence-electron chi connectivity index (χ2n) is 7.80. The van der Waals surface area contributed by atoms with Crippen molar-refractivity contribution in [3.8, 4) is 16.9 Å². The molecule has 1 fully saturated rings. The van der Waals surface area contributed by atoms with E-state index in [2.05, 4.69) is 43.2 Å². The number of hydrogen-bond donors (Lipinski definition) is 2. The number of hydrogen-bond acceptors (Lipinski definition) is 7. The minimum Gasteiger partial charge on any atom is -0.491 e. The second-order valence-corrected chi connectivity index (χ2v) is 7.80. The van der Waals surface area contributed by atoms with Crippen LogP contribution >= 0.6 is 0 Å². The van der Waals surface area contributed by atoms with E-state index in [1.165, 1.54) is 6.33 Å². The molecule has 0 saturated carbocycles. The van der Waals surface area contributed by atoms with E-state index in [4.69, 9.17) is 9.15 Å². The van der Waals surface area contributed by atoms with E-state index < -0.39 is 6.10 Å². The monoisotopic (exact) mass is 419 g/mol. The Labute approximate surface area is 180 Å². The smallest absolute Gasteiger partial charge is 0.221 e. The van der Waals surface area contributed by atoms with E-state index in [0.717, 1.165) is 59.8 Å². The molecular weight excluding hydrogens is 394 g/mol. The highest BCUT2D eigenvalue weighted by molar-refractivity contribution is 5.88. The number of aromatic amines is 1. The normalized spacial score (nSPS) is 16.0. The summed E-state index contributed by atoms with van der Waals surface area (Å²) in [4.78, 5) is 8.61. The van der Waals surface area contributed by atoms with Gasteiger partial charge in [-0.1, -0.05) is 18.2 Å². The van der Waals surface area contributed by atoms with Crippen LogP contribution in [0.3, 0.4) is 0 Å². The summed E-state index contributed by atoms with van der Waals surface area (Å²) in [7, 11) is 0. The molecule has 2 N–H and O–H groups in total. The molecule has 31 heavy (non-hydrogen) atoms. The average Bonchev–Trinajstić information content (AvgIpc) is 3.52. The molecule has 0 spiro atoms. The minimum atomic E-state index is -0.545. The number of piperazine rings is 1. The van der Waals surface area contributed by atoms with Gasteiger partial charge < -0.3 is 19.2 Å². The fourth-order valence-corrected chi connectivity index (χ4v) is 3.96. The van der Waals surface area contributed by atoms with Crippen molar-refractivity contribution in [1.82, 2.24) is 20.1 Å². The Hall–Kier alpha value is -3.36. The Morgan fingerprint density at radius 1 is 1.03 bits per heavy atom. The quantitative estimate of drug-likeness (QED) is 0.476. The number of ether oxygens (including phenoxy) is 1. The van der Waals surface area contributed by atoms with Crippen LogP contribution in [0.15, 0.2) is 65.7 Å². The number of aliphatic hydroxyl groups excluding tert-OH is 1. The summed E-state index contributed by atoms with van der Waals surface area (Å²) >= 11 is 0. The highest BCUT2D eigenvalue weighted by Crippen LogP contribution is 2.27. The third-order valence-corrected chi connectivity index (χ3v) is 5.65. The van der Waals surface area contributed by atoms with Crippen LogP contribution in [0.1, 0.15) is 0 Å². The summed E-state index contributed by atoms with van der Waals surface area (Å²) in [5.41, 5.74) is 2.18. The zero-order valence-electron chi connectivity index (χ0n) is 17.1. The van der Waals surface area contributed by atoms with Gasteiger partial charge in [0.2, 0.25) is 5.95 Å². The van der Waals surface area contributed by atoms with Gasteiger partial charge in [-0.2, -0.15) is 10.1 Å². The first kappa shape index (κ1) is 19.6. The number of furan rings is 1. The molecule has 2 aromatic heterocycles. The van der Waals surface area contributed by atoms with Crippen LogP contribution in [-0.2, 0) is 0 Å². The Morgan fingerprint density at radius 3 is 2.65 bits per heavy atom. The predicted molar refractivity (Wildman–Crippen MR) is 118 cm³/mol. The van der Waals surface area contributed by atoms with Crippen molar-refractivity contribution in [2.45, 2.75) is 6.10 Å². The van der Waals surface area contributed by atoms with Crippen molar-refractivity contribution in [3.05, 3.63) is 61.3 Å². The Bertz CT molecular complexity index is 1110. The van der Waals surface area contributed by atoms with Crippen LogP contribution < -0.4 is 9.64 Å². The van der Waals surface area contributed by atoms with E-state index in [9.17, 15) is 5.11 Å². The SMILES string of the molecule is OC(COc1ccc2cc(-c3ccoc3)ccc2c1)CN1CCN(c2ncn[nH]2)CC1. The summed E-state index contributed by atoms with van der Waals surface area (Å²) in [5.74, 6) is 1.56. The lowest BCUT2D eigenvalue weighted by atomic mass is 10.0. The number of aromatic nitrogens is 3. The van der Waals surface area contributed by atoms with Gasteiger partial charge in [0.15, 0.2) is 0 Å². The first-order chi connectivity index (χ1) is 15.2. The highest BCUT2D eigenvalue weighted by atomic mass is 16.5. The van der Waals surface area contributed by atoms with Crippen LogP contribution in [0.4, 0.5) is 5.95 Å². The number of rotatable bonds is 7. The lowest BCUT2D eigenvalue weighted by Crippen LogP contribution is -2.49. The van der Waals surface area contributed by atoms with Gasteiger partial charge in [0.05, 0.1) is 12.5 Å². The van der Waals surface area contributed by atoms with E-state index >= 15 is 0 Å². The lowest BCUT2D eigenvalue weighted by molar-refractivity contribution is 0.0662. The molecule has 1 aliphatic rings. The van der Waals surface area contributed by atoms with E-state index in [0.29, 0.717) is 6.54 Å². The summed E-state index contributed by atoms with van der Waals surface area (Å²) in [5, 5.41) is 19.5. The molecule has 4 aromatic rings. The van der Waals surface area contributed by atoms with Gasteiger partial charge >= 0.3 is 0 Å². The Kier molecular flexibility index (Phi) is 5.56. The molecule has 8 heteroatoms. The van der Waals surface area contributed by atoms with Gasteiger partial charge in [-0.15, -0.1) is 0 Å². The van der Waals surface area contributed by atoms with Gasteiger partial charge in [-0.05, 0) is 40.6 Å². The van der Waals surface area contributed by atoms with Crippen molar-refractivity contribution >= 4 is 16.7 Å². The zero-order chi connectivity index (χ0) is 21.0. The molecule has 3 heterocycles. The molecule has 1 aliphatic heterocycles. The number of benzene rings is 2. The molecule has 1 atom stereocenters. The van der Waals surface area contributed by atoms with Gasteiger partial charge in [0.1, 0.15) is 24.8 Å². The fourth-order valence-electron chi connectivity index (χ4n) is 3.96. The first-order valence-corrected chi connectivity index (χ1v) is 10.4. The van der Waals surface area contributed by atoms with Crippen molar-refractivity contribution in [2.75, 3.05) is 44.2 Å². The van der Waals surface area contributed by atoms with E-state index in [1.54, 1.807) is 12.5 Å². The van der Waals surface area contributed by atoms with Crippen LogP contribution in [0.25, 0.3) is 21.9 Å². The largest absolute Gasteiger partial charge is 0.491 e. The van der Waals surface area contributed by atoms with E-state index in [-0.39, 0.29) is 6.61 Å². The third-order valence-electron chi connectivity index (χ3n) is 5.65. The van der Waals surface area contributed by atoms with Crippen molar-refractivity contribution in [2.24, 2.45) is 0 Å². The molecule has 2 aromatic carbocycles. The number of H-pyrrole nitrogens is 1. The highest BCUT2D eigenvalue weighted by Gasteiger charge is 2.21. The molecule has 1 saturated heterocycles. The van der Waals surface area contributed by atoms with Crippen molar-refractivity contribution < 1.29 is 14.3 Å². The molecule has 0 bridgehead atoms. The summed E-state index contributed by atoms with van der Waals surface area (Å²) < 4.78 is 11.0. The van der Waals surface area contributed by atoms with E-state index in [1.807, 2.05) is 24.3 Å². The van der Waals surface area contributed by atoms with Gasteiger partial charge in [0.25, 0.3) is 0 Å². The molecule has 0 aliphatic carbocycles. The first-order valence-electron chi connectivity index (χ1n) is 10.4. The second kappa shape index (κ2) is 8.79. The maximum absolute atomic E-state index is 10.5. The van der Waals surface area contributed by atoms with Crippen molar-refractivity contribution in [1.29, 1.82) is 0 Å². The maximum Gasteiger partial charge on any atom is 0.221 e. The zero-order valence-corrected chi connectivity index (χ0v) is 17.1. The Morgan fingerprint density at radius 2 is 1.87 bits per heavy atom. The fraction of sp³-hybridized carbons (Fsp3) is 0.304. The van der Waals surface area contributed by atoms with Crippen molar-refractivity contribution in [3.63, 3.8) is 0 Å². The molecule has 8 nitrogen and oxygen atoms in total. The van der Waals surface area contributed by atoms with Crippen LogP contribution in [0, 0.1) is 0 Å². The summed E-state index contributed by atoms with van der Waals surface area (Å²) in [6, 6.07) is 14.2. The molecular formula is C23H25N5O3. The van der Waals surface area contributed by atoms with Crippen LogP contribution in [0.2, 0.25) is 0 Å². The number of nitrogens with one attached hydrogen (secondary N) is 1. The van der Waals surface area contributed by atoms with Crippen LogP contribution in [0.5, 0.6) is 5.75 Å². The number of aliphatic hydroxyl groups is 1. The number of β-amino-alcohol motifs (C(OH)–C–C–N with tert-alkyl or cyclic N) is 1. The molecule has 0 radical (unpaired) electrons. The standard InChI is InChI=1S/C23H25N5O3/c29-21(13-27-6-8-28(9-7-27)23-24-16-25-26-23)15-31-22-4-3-17-11-18(1-2-19(17)12-22)20-5-10-30-14-20/h1-5,10-12,14,16,21,29H,6-9,13,15H2,(H,24,25,26). The van der Waals surface area contributed by atoms with Gasteiger partial charge in [-0.3, -0.25) is 4.90 Å². The lowest BCUT2D eigenvalue weighted by Gasteiger charge is -2.35. The Balaban J connectivity index is 1.13. The third kappa shape index (κ3) is 4.55. The minimum absolute atomic E-state index is 0.265. The van der Waals surface area contributed by atoms with Gasteiger partial charge in [0, 0.05) is 38.3 Å².